The summed E-state index contributed by atoms with van der Waals surface area (Å²) in [5.74, 6) is -1.37. The smallest absolute Gasteiger partial charge is 0.337 e. The summed E-state index contributed by atoms with van der Waals surface area (Å²) in [6.45, 7) is 0. The van der Waals surface area contributed by atoms with Gasteiger partial charge in [0.1, 0.15) is 0 Å². The fourth-order valence-electron chi connectivity index (χ4n) is 2.52. The van der Waals surface area contributed by atoms with E-state index in [1.54, 1.807) is 12.1 Å². The number of carbonyl (C=O) groups excluding carboxylic acids is 1. The molecule has 0 aromatic heterocycles. The van der Waals surface area contributed by atoms with Gasteiger partial charge in [0.05, 0.1) is 11.3 Å². The molecule has 0 bridgehead atoms. The Kier molecular flexibility index (Phi) is 4.77. The molecule has 108 valence electrons. The fourth-order valence-corrected chi connectivity index (χ4v) is 2.99. The monoisotopic (exact) mass is 340 g/mol. The molecule has 5 nitrogen and oxygen atoms in total. The zero-order valence-corrected chi connectivity index (χ0v) is 12.5. The zero-order valence-electron chi connectivity index (χ0n) is 10.9. The number of anilines is 1. The Balaban J connectivity index is 2.17. The average molecular weight is 341 g/mol. The first-order valence-corrected chi connectivity index (χ1v) is 7.36. The molecule has 20 heavy (non-hydrogen) atoms. The van der Waals surface area contributed by atoms with Crippen LogP contribution in [0.5, 0.6) is 0 Å². The van der Waals surface area contributed by atoms with Crippen LogP contribution in [0.1, 0.15) is 36.0 Å². The highest BCUT2D eigenvalue weighted by Crippen LogP contribution is 2.29. The van der Waals surface area contributed by atoms with Crippen molar-refractivity contribution in [3.63, 3.8) is 0 Å². The topological polar surface area (TPSA) is 92.4 Å². The number of para-hydroxylation sites is 1. The first-order chi connectivity index (χ1) is 9.49. The van der Waals surface area contributed by atoms with Crippen LogP contribution in [-0.2, 0) is 4.79 Å². The second kappa shape index (κ2) is 6.37. The molecular formula is C14H17BrN2O3. The number of aromatic carboxylic acids is 1. The Hall–Kier alpha value is -1.40. The van der Waals surface area contributed by atoms with Gasteiger partial charge in [0, 0.05) is 16.4 Å². The summed E-state index contributed by atoms with van der Waals surface area (Å²) in [5, 5.41) is 11.9. The zero-order chi connectivity index (χ0) is 14.7. The number of carbonyl (C=O) groups is 2. The maximum absolute atomic E-state index is 12.3. The molecule has 2 unspecified atom stereocenters. The summed E-state index contributed by atoms with van der Waals surface area (Å²) < 4.78 is 0.561. The van der Waals surface area contributed by atoms with Gasteiger partial charge in [-0.05, 0) is 47.3 Å². The summed E-state index contributed by atoms with van der Waals surface area (Å²) in [6.07, 6.45) is 3.32. The van der Waals surface area contributed by atoms with Crippen molar-refractivity contribution in [2.75, 3.05) is 5.32 Å². The average Bonchev–Trinajstić information content (AvgIpc) is 2.40. The normalized spacial score (nSPS) is 22.3. The molecule has 0 aliphatic heterocycles. The summed E-state index contributed by atoms with van der Waals surface area (Å²) >= 11 is 3.28. The molecule has 1 aromatic rings. The lowest BCUT2D eigenvalue weighted by atomic mass is 9.85. The molecular weight excluding hydrogens is 324 g/mol. The van der Waals surface area contributed by atoms with Gasteiger partial charge in [-0.2, -0.15) is 0 Å². The third-order valence-corrected chi connectivity index (χ3v) is 4.24. The highest BCUT2D eigenvalue weighted by atomic mass is 79.9. The molecule has 1 saturated carbocycles. The van der Waals surface area contributed by atoms with Crippen molar-refractivity contribution in [1.82, 2.24) is 0 Å². The second-order valence-corrected chi connectivity index (χ2v) is 5.93. The van der Waals surface area contributed by atoms with Gasteiger partial charge < -0.3 is 16.2 Å². The standard InChI is InChI=1S/C14H17BrN2O3/c15-11-6-2-5-10(14(19)20)12(11)17-13(18)8-3-1-4-9(16)7-8/h2,5-6,8-9H,1,3-4,7,16H2,(H,17,18)(H,19,20). The predicted octanol–water partition coefficient (Wildman–Crippen LogP) is 2.60. The number of rotatable bonds is 3. The number of carboxylic acids is 1. The van der Waals surface area contributed by atoms with Crippen LogP contribution in [0.25, 0.3) is 0 Å². The highest BCUT2D eigenvalue weighted by Gasteiger charge is 2.26. The van der Waals surface area contributed by atoms with E-state index in [1.807, 2.05) is 0 Å². The molecule has 1 aromatic carbocycles. The van der Waals surface area contributed by atoms with Crippen molar-refractivity contribution in [3.8, 4) is 0 Å². The molecule has 0 spiro atoms. The van der Waals surface area contributed by atoms with Crippen molar-refractivity contribution < 1.29 is 14.7 Å². The van der Waals surface area contributed by atoms with E-state index in [0.717, 1.165) is 19.3 Å². The number of hydrogen-bond donors (Lipinski definition) is 3. The van der Waals surface area contributed by atoms with Gasteiger partial charge in [-0.3, -0.25) is 4.79 Å². The molecule has 0 saturated heterocycles. The largest absolute Gasteiger partial charge is 0.478 e. The van der Waals surface area contributed by atoms with Crippen LogP contribution < -0.4 is 11.1 Å². The Morgan fingerprint density at radius 2 is 2.10 bits per heavy atom. The van der Waals surface area contributed by atoms with E-state index in [-0.39, 0.29) is 23.4 Å². The minimum Gasteiger partial charge on any atom is -0.478 e. The van der Waals surface area contributed by atoms with E-state index in [0.29, 0.717) is 16.6 Å². The van der Waals surface area contributed by atoms with E-state index in [9.17, 15) is 9.59 Å². The molecule has 2 rings (SSSR count). The van der Waals surface area contributed by atoms with Gasteiger partial charge >= 0.3 is 5.97 Å². The Morgan fingerprint density at radius 3 is 2.75 bits per heavy atom. The highest BCUT2D eigenvalue weighted by molar-refractivity contribution is 9.10. The van der Waals surface area contributed by atoms with Gasteiger partial charge in [-0.15, -0.1) is 0 Å². The number of hydrogen-bond acceptors (Lipinski definition) is 3. The van der Waals surface area contributed by atoms with Crippen LogP contribution >= 0.6 is 15.9 Å². The number of carboxylic acid groups (broad SMARTS) is 1. The molecule has 1 aliphatic rings. The van der Waals surface area contributed by atoms with E-state index in [4.69, 9.17) is 10.8 Å². The van der Waals surface area contributed by atoms with Crippen LogP contribution in [0.3, 0.4) is 0 Å². The summed E-state index contributed by atoms with van der Waals surface area (Å²) in [4.78, 5) is 23.5. The molecule has 1 amide bonds. The van der Waals surface area contributed by atoms with Crippen molar-refractivity contribution in [2.45, 2.75) is 31.7 Å². The minimum absolute atomic E-state index is 0.0534. The van der Waals surface area contributed by atoms with Crippen LogP contribution in [-0.4, -0.2) is 23.0 Å². The molecule has 4 N–H and O–H groups in total. The van der Waals surface area contributed by atoms with Gasteiger partial charge in [0.2, 0.25) is 5.91 Å². The van der Waals surface area contributed by atoms with Crippen LogP contribution in [0.15, 0.2) is 22.7 Å². The number of amides is 1. The Morgan fingerprint density at radius 1 is 1.35 bits per heavy atom. The van der Waals surface area contributed by atoms with Gasteiger partial charge in [0.25, 0.3) is 0 Å². The predicted molar refractivity (Wildman–Crippen MR) is 79.7 cm³/mol. The molecule has 0 radical (unpaired) electrons. The van der Waals surface area contributed by atoms with E-state index in [2.05, 4.69) is 21.2 Å². The van der Waals surface area contributed by atoms with E-state index >= 15 is 0 Å². The minimum atomic E-state index is -1.07. The Labute approximate surface area is 125 Å². The summed E-state index contributed by atoms with van der Waals surface area (Å²) in [5.41, 5.74) is 6.27. The lowest BCUT2D eigenvalue weighted by molar-refractivity contribution is -0.120. The summed E-state index contributed by atoms with van der Waals surface area (Å²) in [7, 11) is 0. The Bertz CT molecular complexity index is 533. The molecule has 2 atom stereocenters. The fraction of sp³-hybridized carbons (Fsp3) is 0.429. The van der Waals surface area contributed by atoms with Crippen molar-refractivity contribution >= 4 is 33.5 Å². The summed E-state index contributed by atoms with van der Waals surface area (Å²) in [6, 6.07) is 4.85. The first-order valence-electron chi connectivity index (χ1n) is 6.57. The van der Waals surface area contributed by atoms with Crippen LogP contribution in [0.2, 0.25) is 0 Å². The number of halogens is 1. The van der Waals surface area contributed by atoms with E-state index < -0.39 is 5.97 Å². The van der Waals surface area contributed by atoms with Crippen molar-refractivity contribution in [3.05, 3.63) is 28.2 Å². The number of nitrogens with two attached hydrogens (primary N) is 1. The molecule has 6 heteroatoms. The van der Waals surface area contributed by atoms with Crippen LogP contribution in [0.4, 0.5) is 5.69 Å². The SMILES string of the molecule is NC1CCCC(C(=O)Nc2c(Br)cccc2C(=O)O)C1. The van der Waals surface area contributed by atoms with Crippen molar-refractivity contribution in [1.29, 1.82) is 0 Å². The van der Waals surface area contributed by atoms with Gasteiger partial charge in [0.15, 0.2) is 0 Å². The third kappa shape index (κ3) is 3.37. The third-order valence-electron chi connectivity index (χ3n) is 3.58. The molecule has 0 heterocycles. The maximum atomic E-state index is 12.3. The van der Waals surface area contributed by atoms with Crippen molar-refractivity contribution in [2.24, 2.45) is 11.7 Å². The first kappa shape index (κ1) is 15.0. The second-order valence-electron chi connectivity index (χ2n) is 5.08. The van der Waals surface area contributed by atoms with Crippen LogP contribution in [0, 0.1) is 5.92 Å². The maximum Gasteiger partial charge on any atom is 0.337 e. The lowest BCUT2D eigenvalue weighted by Gasteiger charge is -2.26. The quantitative estimate of drug-likeness (QED) is 0.788. The molecule has 1 fully saturated rings. The molecule has 1 aliphatic carbocycles. The van der Waals surface area contributed by atoms with Gasteiger partial charge in [-0.1, -0.05) is 12.5 Å². The number of nitrogens with one attached hydrogen (secondary N) is 1. The van der Waals surface area contributed by atoms with E-state index in [1.165, 1.54) is 6.07 Å². The van der Waals surface area contributed by atoms with Gasteiger partial charge in [-0.25, -0.2) is 4.79 Å². The lowest BCUT2D eigenvalue weighted by Crippen LogP contribution is -2.34. The number of benzene rings is 1.